The minimum absolute atomic E-state index is 0.0139. The molecule has 0 fully saturated rings. The Morgan fingerprint density at radius 2 is 2.19 bits per heavy atom. The van der Waals surface area contributed by atoms with Crippen LogP contribution in [0.5, 0.6) is 0 Å². The van der Waals surface area contributed by atoms with Gasteiger partial charge < -0.3 is 16.4 Å². The van der Waals surface area contributed by atoms with E-state index in [2.05, 4.69) is 15.6 Å². The maximum Gasteiger partial charge on any atom is 0.233 e. The van der Waals surface area contributed by atoms with Crippen molar-refractivity contribution in [1.29, 1.82) is 0 Å². The largest absolute Gasteiger partial charge is 0.367 e. The summed E-state index contributed by atoms with van der Waals surface area (Å²) in [4.78, 5) is 14.8. The number of halogens is 2. The fourth-order valence-electron chi connectivity index (χ4n) is 1.000. The lowest BCUT2D eigenvalue weighted by atomic mass is 10.4. The van der Waals surface area contributed by atoms with Crippen LogP contribution in [0.2, 0.25) is 10.0 Å². The van der Waals surface area contributed by atoms with E-state index in [1.807, 2.05) is 0 Å². The second-order valence-corrected chi connectivity index (χ2v) is 3.81. The Morgan fingerprint density at radius 1 is 1.44 bits per heavy atom. The molecule has 0 aliphatic rings. The number of nitrogens with zero attached hydrogens (tertiary/aromatic N) is 1. The van der Waals surface area contributed by atoms with Gasteiger partial charge in [-0.25, -0.2) is 4.98 Å². The van der Waals surface area contributed by atoms with E-state index < -0.39 is 0 Å². The Balaban J connectivity index is 2.35. The van der Waals surface area contributed by atoms with Crippen LogP contribution >= 0.6 is 23.2 Å². The molecule has 5 nitrogen and oxygen atoms in total. The first-order valence-electron chi connectivity index (χ1n) is 4.65. The molecule has 0 bridgehead atoms. The summed E-state index contributed by atoms with van der Waals surface area (Å²) >= 11 is 11.6. The van der Waals surface area contributed by atoms with Crippen LogP contribution in [0.4, 0.5) is 5.82 Å². The highest BCUT2D eigenvalue weighted by atomic mass is 35.5. The SMILES string of the molecule is NCC(=O)NCCNc1ncc(Cl)cc1Cl. The number of rotatable bonds is 5. The number of hydrogen-bond acceptors (Lipinski definition) is 4. The topological polar surface area (TPSA) is 80.0 Å². The number of nitrogens with one attached hydrogen (secondary N) is 2. The van der Waals surface area contributed by atoms with Crippen molar-refractivity contribution >= 4 is 34.9 Å². The van der Waals surface area contributed by atoms with Gasteiger partial charge in [-0.3, -0.25) is 4.79 Å². The number of amides is 1. The van der Waals surface area contributed by atoms with Gasteiger partial charge in [0.05, 0.1) is 16.6 Å². The lowest BCUT2D eigenvalue weighted by molar-refractivity contribution is -0.119. The smallest absolute Gasteiger partial charge is 0.233 e. The molecule has 0 spiro atoms. The number of nitrogens with two attached hydrogens (primary N) is 1. The molecule has 0 aliphatic heterocycles. The van der Waals surface area contributed by atoms with Crippen LogP contribution in [-0.4, -0.2) is 30.5 Å². The molecule has 1 aromatic rings. The second-order valence-electron chi connectivity index (χ2n) is 2.96. The van der Waals surface area contributed by atoms with Crippen LogP contribution in [0.3, 0.4) is 0 Å². The predicted octanol–water partition coefficient (Wildman–Crippen LogP) is 0.875. The van der Waals surface area contributed by atoms with Gasteiger partial charge in [0.1, 0.15) is 5.82 Å². The molecule has 0 saturated heterocycles. The average molecular weight is 263 g/mol. The zero-order valence-corrected chi connectivity index (χ0v) is 9.98. The van der Waals surface area contributed by atoms with Crippen molar-refractivity contribution in [2.45, 2.75) is 0 Å². The summed E-state index contributed by atoms with van der Waals surface area (Å²) in [7, 11) is 0. The summed E-state index contributed by atoms with van der Waals surface area (Å²) in [5.41, 5.74) is 5.13. The van der Waals surface area contributed by atoms with E-state index in [9.17, 15) is 4.79 Å². The van der Waals surface area contributed by atoms with Crippen LogP contribution in [-0.2, 0) is 4.79 Å². The number of carbonyl (C=O) groups is 1. The van der Waals surface area contributed by atoms with Crippen LogP contribution in [0.25, 0.3) is 0 Å². The van der Waals surface area contributed by atoms with E-state index in [0.29, 0.717) is 29.0 Å². The molecule has 88 valence electrons. The van der Waals surface area contributed by atoms with Crippen molar-refractivity contribution in [1.82, 2.24) is 10.3 Å². The molecule has 1 heterocycles. The summed E-state index contributed by atoms with van der Waals surface area (Å²) in [5, 5.41) is 6.49. The molecular weight excluding hydrogens is 251 g/mol. The molecule has 0 aromatic carbocycles. The minimum atomic E-state index is -0.197. The fourth-order valence-corrected chi connectivity index (χ4v) is 1.45. The summed E-state index contributed by atoms with van der Waals surface area (Å²) in [5.74, 6) is 0.338. The van der Waals surface area contributed by atoms with Gasteiger partial charge in [-0.1, -0.05) is 23.2 Å². The molecular formula is C9H12Cl2N4O. The third kappa shape index (κ3) is 4.22. The van der Waals surface area contributed by atoms with E-state index >= 15 is 0 Å². The van der Waals surface area contributed by atoms with Crippen molar-refractivity contribution in [2.24, 2.45) is 5.73 Å². The molecule has 1 amide bonds. The van der Waals surface area contributed by atoms with Crippen LogP contribution in [0.1, 0.15) is 0 Å². The molecule has 1 aromatic heterocycles. The Morgan fingerprint density at radius 3 is 2.81 bits per heavy atom. The summed E-state index contributed by atoms with van der Waals surface area (Å²) in [6.45, 7) is 0.955. The van der Waals surface area contributed by atoms with Gasteiger partial charge in [0.15, 0.2) is 0 Å². The van der Waals surface area contributed by atoms with E-state index in [1.54, 1.807) is 6.07 Å². The Labute approximate surface area is 103 Å². The Bertz CT molecular complexity index is 373. The molecule has 7 heteroatoms. The van der Waals surface area contributed by atoms with Crippen molar-refractivity contribution < 1.29 is 4.79 Å². The number of carbonyl (C=O) groups excluding carboxylic acids is 1. The number of anilines is 1. The molecule has 0 radical (unpaired) electrons. The van der Waals surface area contributed by atoms with Crippen molar-refractivity contribution in [3.63, 3.8) is 0 Å². The normalized spacial score (nSPS) is 9.94. The monoisotopic (exact) mass is 262 g/mol. The van der Waals surface area contributed by atoms with Gasteiger partial charge in [-0.15, -0.1) is 0 Å². The van der Waals surface area contributed by atoms with Crippen molar-refractivity contribution in [3.05, 3.63) is 22.3 Å². The predicted molar refractivity (Wildman–Crippen MR) is 64.8 cm³/mol. The van der Waals surface area contributed by atoms with Gasteiger partial charge in [0.25, 0.3) is 0 Å². The summed E-state index contributed by atoms with van der Waals surface area (Å²) < 4.78 is 0. The van der Waals surface area contributed by atoms with Crippen LogP contribution in [0, 0.1) is 0 Å². The number of aromatic nitrogens is 1. The highest BCUT2D eigenvalue weighted by Gasteiger charge is 2.02. The highest BCUT2D eigenvalue weighted by Crippen LogP contribution is 2.21. The first-order valence-corrected chi connectivity index (χ1v) is 5.40. The zero-order valence-electron chi connectivity index (χ0n) is 8.46. The molecule has 0 saturated carbocycles. The first-order chi connectivity index (χ1) is 7.63. The maximum absolute atomic E-state index is 10.8. The molecule has 4 N–H and O–H groups in total. The van der Waals surface area contributed by atoms with Gasteiger partial charge in [0.2, 0.25) is 5.91 Å². The first kappa shape index (κ1) is 13.0. The minimum Gasteiger partial charge on any atom is -0.367 e. The van der Waals surface area contributed by atoms with E-state index in [1.165, 1.54) is 6.20 Å². The second kappa shape index (κ2) is 6.52. The maximum atomic E-state index is 10.8. The summed E-state index contributed by atoms with van der Waals surface area (Å²) in [6.07, 6.45) is 1.49. The van der Waals surface area contributed by atoms with Gasteiger partial charge in [0, 0.05) is 19.3 Å². The van der Waals surface area contributed by atoms with Crippen molar-refractivity contribution in [2.75, 3.05) is 25.0 Å². The van der Waals surface area contributed by atoms with Crippen LogP contribution in [0.15, 0.2) is 12.3 Å². The zero-order chi connectivity index (χ0) is 12.0. The Hall–Kier alpha value is -1.04. The number of hydrogen-bond donors (Lipinski definition) is 3. The third-order valence-corrected chi connectivity index (χ3v) is 2.23. The van der Waals surface area contributed by atoms with Gasteiger partial charge >= 0.3 is 0 Å². The lowest BCUT2D eigenvalue weighted by Crippen LogP contribution is -2.33. The number of pyridine rings is 1. The van der Waals surface area contributed by atoms with Crippen LogP contribution < -0.4 is 16.4 Å². The van der Waals surface area contributed by atoms with E-state index in [0.717, 1.165) is 0 Å². The average Bonchev–Trinajstić information content (AvgIpc) is 2.26. The molecule has 1 rings (SSSR count). The van der Waals surface area contributed by atoms with Gasteiger partial charge in [-0.2, -0.15) is 0 Å². The van der Waals surface area contributed by atoms with E-state index in [-0.39, 0.29) is 12.5 Å². The Kier molecular flexibility index (Phi) is 5.31. The van der Waals surface area contributed by atoms with Gasteiger partial charge in [-0.05, 0) is 6.07 Å². The van der Waals surface area contributed by atoms with Crippen molar-refractivity contribution in [3.8, 4) is 0 Å². The summed E-state index contributed by atoms with van der Waals surface area (Å²) in [6, 6.07) is 1.59. The quantitative estimate of drug-likeness (QED) is 0.689. The molecule has 0 aliphatic carbocycles. The fraction of sp³-hybridized carbons (Fsp3) is 0.333. The molecule has 0 atom stereocenters. The van der Waals surface area contributed by atoms with E-state index in [4.69, 9.17) is 28.9 Å². The standard InChI is InChI=1S/C9H12Cl2N4O/c10-6-3-7(11)9(15-5-6)14-2-1-13-8(16)4-12/h3,5H,1-2,4,12H2,(H,13,16)(H,14,15). The third-order valence-electron chi connectivity index (χ3n) is 1.73. The lowest BCUT2D eigenvalue weighted by Gasteiger charge is -2.08. The molecule has 0 unspecified atom stereocenters. The highest BCUT2D eigenvalue weighted by molar-refractivity contribution is 6.35. The molecule has 16 heavy (non-hydrogen) atoms.